The molecule has 0 unspecified atom stereocenters. The second kappa shape index (κ2) is 11.7. The molecule has 6 nitrogen and oxygen atoms in total. The summed E-state index contributed by atoms with van der Waals surface area (Å²) in [6.45, 7) is 4.60. The molecule has 6 aromatic carbocycles. The van der Waals surface area contributed by atoms with E-state index in [1.165, 1.54) is 22.3 Å². The second-order valence-electron chi connectivity index (χ2n) is 13.7. The first-order valence-corrected chi connectivity index (χ1v) is 18.1. The van der Waals surface area contributed by atoms with Gasteiger partial charge in [-0.25, -0.2) is 4.98 Å². The number of hydrogen-bond donors (Lipinski definition) is 0. The van der Waals surface area contributed by atoms with Gasteiger partial charge in [0.05, 0.1) is 34.0 Å². The van der Waals surface area contributed by atoms with Crippen molar-refractivity contribution in [1.82, 2.24) is 19.9 Å². The average Bonchev–Trinajstić information content (AvgIpc) is 3.43. The van der Waals surface area contributed by atoms with E-state index < -0.39 is 0 Å². The van der Waals surface area contributed by atoms with Crippen LogP contribution in [-0.2, 0) is 5.41 Å². The van der Waals surface area contributed by atoms with E-state index in [1.807, 2.05) is 30.5 Å². The third-order valence-electron chi connectivity index (χ3n) is 10.4. The van der Waals surface area contributed by atoms with Crippen molar-refractivity contribution in [2.24, 2.45) is 0 Å². The van der Waals surface area contributed by atoms with Crippen molar-refractivity contribution in [3.63, 3.8) is 0 Å². The van der Waals surface area contributed by atoms with Gasteiger partial charge in [-0.15, -0.1) is 0 Å². The highest BCUT2D eigenvalue weighted by Crippen LogP contribution is 2.56. The maximum Gasteiger partial charge on any atom is 0.238 e. The average molecular weight is 736 g/mol. The lowest BCUT2D eigenvalue weighted by molar-refractivity contribution is 0.660. The van der Waals surface area contributed by atoms with Gasteiger partial charge in [-0.1, -0.05) is 117 Å². The molecule has 0 N–H and O–H groups in total. The summed E-state index contributed by atoms with van der Waals surface area (Å²) < 4.78 is 0.986. The van der Waals surface area contributed by atoms with Crippen molar-refractivity contribution < 1.29 is 0 Å². The summed E-state index contributed by atoms with van der Waals surface area (Å²) in [5.41, 5.74) is 12.6. The van der Waals surface area contributed by atoms with Crippen molar-refractivity contribution in [3.8, 4) is 33.9 Å². The predicted molar refractivity (Wildman–Crippen MR) is 214 cm³/mol. The second-order valence-corrected chi connectivity index (χ2v) is 14.5. The van der Waals surface area contributed by atoms with Gasteiger partial charge in [0, 0.05) is 32.6 Å². The molecule has 0 saturated carbocycles. The largest absolute Gasteiger partial charge is 0.306 e. The molecule has 8 aromatic rings. The SMILES string of the molecule is CC1(C)c2ccccc2-c2c(-c3nc(-c4ccccc4)nc(N4c5ccccc5N(c5cccc6nccc(Br)c56)c5ccccc54)n3)cccc21. The highest BCUT2D eigenvalue weighted by atomic mass is 79.9. The molecule has 0 atom stereocenters. The smallest absolute Gasteiger partial charge is 0.238 e. The fraction of sp³-hybridized carbons (Fsp3) is 0.0667. The van der Waals surface area contributed by atoms with Gasteiger partial charge in [0.1, 0.15) is 0 Å². The molecule has 1 aliphatic heterocycles. The van der Waals surface area contributed by atoms with Gasteiger partial charge in [-0.3, -0.25) is 9.88 Å². The Hall–Kier alpha value is -6.18. The summed E-state index contributed by atoms with van der Waals surface area (Å²) in [4.78, 5) is 25.0. The molecule has 0 spiro atoms. The topological polar surface area (TPSA) is 58.0 Å². The number of nitrogens with zero attached hydrogens (tertiary/aromatic N) is 6. The molecule has 3 heterocycles. The number of pyridine rings is 1. The molecule has 0 bridgehead atoms. The molecule has 248 valence electrons. The molecule has 52 heavy (non-hydrogen) atoms. The van der Waals surface area contributed by atoms with Crippen LogP contribution in [0.25, 0.3) is 44.8 Å². The molecule has 0 amide bonds. The summed E-state index contributed by atoms with van der Waals surface area (Å²) in [6, 6.07) is 50.6. The Bertz CT molecular complexity index is 2650. The summed E-state index contributed by atoms with van der Waals surface area (Å²) in [5, 5.41) is 1.04. The quantitative estimate of drug-likeness (QED) is 0.179. The Balaban J connectivity index is 1.23. The van der Waals surface area contributed by atoms with E-state index in [9.17, 15) is 0 Å². The van der Waals surface area contributed by atoms with E-state index in [0.29, 0.717) is 17.6 Å². The van der Waals surface area contributed by atoms with E-state index >= 15 is 0 Å². The van der Waals surface area contributed by atoms with Gasteiger partial charge < -0.3 is 4.90 Å². The van der Waals surface area contributed by atoms with Gasteiger partial charge in [-0.05, 0) is 80.6 Å². The lowest BCUT2D eigenvalue weighted by Gasteiger charge is -2.39. The van der Waals surface area contributed by atoms with Gasteiger partial charge in [0.25, 0.3) is 0 Å². The van der Waals surface area contributed by atoms with Gasteiger partial charge in [0.2, 0.25) is 5.95 Å². The number of rotatable bonds is 4. The standard InChI is InChI=1S/C45H31BrN6/c1-45(2)31-18-7-6-16-29(31)40-30(17-12-19-32(40)45)43-48-42(28-14-4-3-5-15-28)49-44(50-43)52-37-23-10-8-21-35(37)51(36-22-9-11-24-38(36)52)39-25-13-20-34-41(39)33(46)26-27-47-34/h3-27H,1-2H3. The summed E-state index contributed by atoms with van der Waals surface area (Å²) >= 11 is 3.84. The third-order valence-corrected chi connectivity index (χ3v) is 11.0. The van der Waals surface area contributed by atoms with Crippen molar-refractivity contribution in [1.29, 1.82) is 0 Å². The van der Waals surface area contributed by atoms with Crippen LogP contribution in [-0.4, -0.2) is 19.9 Å². The van der Waals surface area contributed by atoms with Gasteiger partial charge in [-0.2, -0.15) is 9.97 Å². The fourth-order valence-electron chi connectivity index (χ4n) is 7.99. The number of halogens is 1. The van der Waals surface area contributed by atoms with Crippen molar-refractivity contribution in [2.45, 2.75) is 19.3 Å². The van der Waals surface area contributed by atoms with Crippen LogP contribution in [0.3, 0.4) is 0 Å². The van der Waals surface area contributed by atoms with Crippen molar-refractivity contribution in [3.05, 3.63) is 167 Å². The van der Waals surface area contributed by atoms with Gasteiger partial charge >= 0.3 is 0 Å². The maximum absolute atomic E-state index is 5.38. The first-order chi connectivity index (χ1) is 25.5. The van der Waals surface area contributed by atoms with Gasteiger partial charge in [0.15, 0.2) is 11.6 Å². The normalized spacial score (nSPS) is 13.8. The van der Waals surface area contributed by atoms with Crippen LogP contribution in [0.5, 0.6) is 0 Å². The lowest BCUT2D eigenvalue weighted by atomic mass is 9.82. The summed E-state index contributed by atoms with van der Waals surface area (Å²) in [7, 11) is 0. The lowest BCUT2D eigenvalue weighted by Crippen LogP contribution is -2.25. The van der Waals surface area contributed by atoms with Crippen LogP contribution in [0.1, 0.15) is 25.0 Å². The minimum Gasteiger partial charge on any atom is -0.306 e. The molecule has 0 fully saturated rings. The molecule has 7 heteroatoms. The zero-order valence-corrected chi connectivity index (χ0v) is 30.1. The molecular formula is C45H31BrN6. The molecule has 2 aromatic heterocycles. The van der Waals surface area contributed by atoms with Crippen LogP contribution >= 0.6 is 15.9 Å². The van der Waals surface area contributed by atoms with Crippen molar-refractivity contribution in [2.75, 3.05) is 9.80 Å². The predicted octanol–water partition coefficient (Wildman–Crippen LogP) is 12.1. The minimum atomic E-state index is -0.152. The van der Waals surface area contributed by atoms with Crippen LogP contribution in [0.4, 0.5) is 34.4 Å². The van der Waals surface area contributed by atoms with Crippen LogP contribution in [0.2, 0.25) is 0 Å². The summed E-state index contributed by atoms with van der Waals surface area (Å²) in [5.74, 6) is 1.80. The van der Waals surface area contributed by atoms with E-state index in [-0.39, 0.29) is 5.41 Å². The number of para-hydroxylation sites is 4. The molecule has 1 aliphatic carbocycles. The molecular weight excluding hydrogens is 704 g/mol. The van der Waals surface area contributed by atoms with E-state index in [2.05, 4.69) is 161 Å². The first kappa shape index (κ1) is 30.6. The van der Waals surface area contributed by atoms with E-state index in [1.54, 1.807) is 0 Å². The first-order valence-electron chi connectivity index (χ1n) is 17.4. The Morgan fingerprint density at radius 3 is 1.83 bits per heavy atom. The van der Waals surface area contributed by atoms with E-state index in [4.69, 9.17) is 19.9 Å². The Kier molecular flexibility index (Phi) is 6.88. The van der Waals surface area contributed by atoms with E-state index in [0.717, 1.165) is 54.9 Å². The zero-order valence-electron chi connectivity index (χ0n) is 28.5. The molecule has 2 aliphatic rings. The Labute approximate surface area is 310 Å². The fourth-order valence-corrected chi connectivity index (χ4v) is 8.52. The molecule has 0 radical (unpaired) electrons. The molecule has 0 saturated heterocycles. The number of hydrogen-bond acceptors (Lipinski definition) is 6. The number of fused-ring (bicyclic) bond motifs is 6. The number of anilines is 6. The molecule has 10 rings (SSSR count). The monoisotopic (exact) mass is 734 g/mol. The van der Waals surface area contributed by atoms with Crippen molar-refractivity contribution >= 4 is 61.2 Å². The van der Waals surface area contributed by atoms with Crippen LogP contribution < -0.4 is 9.80 Å². The Morgan fingerprint density at radius 2 is 1.08 bits per heavy atom. The Morgan fingerprint density at radius 1 is 0.500 bits per heavy atom. The summed E-state index contributed by atoms with van der Waals surface area (Å²) in [6.07, 6.45) is 1.83. The maximum atomic E-state index is 5.38. The highest BCUT2D eigenvalue weighted by Gasteiger charge is 2.38. The third kappa shape index (κ3) is 4.55. The highest BCUT2D eigenvalue weighted by molar-refractivity contribution is 9.10. The number of benzene rings is 6. The van der Waals surface area contributed by atoms with Crippen LogP contribution in [0, 0.1) is 0 Å². The minimum absolute atomic E-state index is 0.152. The zero-order chi connectivity index (χ0) is 35.0. The van der Waals surface area contributed by atoms with Crippen LogP contribution in [0.15, 0.2) is 156 Å². The number of aromatic nitrogens is 4.